The van der Waals surface area contributed by atoms with E-state index in [9.17, 15) is 9.90 Å². The van der Waals surface area contributed by atoms with Gasteiger partial charge in [0, 0.05) is 13.1 Å². The van der Waals surface area contributed by atoms with Gasteiger partial charge >= 0.3 is 6.03 Å². The van der Waals surface area contributed by atoms with E-state index < -0.39 is 6.10 Å². The van der Waals surface area contributed by atoms with Gasteiger partial charge in [-0.1, -0.05) is 54.1 Å². The topological polar surface area (TPSA) is 61.4 Å². The summed E-state index contributed by atoms with van der Waals surface area (Å²) in [6, 6.07) is 15.3. The lowest BCUT2D eigenvalue weighted by Gasteiger charge is -2.15. The summed E-state index contributed by atoms with van der Waals surface area (Å²) in [6.45, 7) is 4.62. The first kappa shape index (κ1) is 16.0. The number of hydrogen-bond acceptors (Lipinski definition) is 2. The summed E-state index contributed by atoms with van der Waals surface area (Å²) in [7, 11) is 0. The summed E-state index contributed by atoms with van der Waals surface area (Å²) >= 11 is 0. The van der Waals surface area contributed by atoms with E-state index >= 15 is 0 Å². The highest BCUT2D eigenvalue weighted by Gasteiger charge is 2.11. The van der Waals surface area contributed by atoms with Crippen molar-refractivity contribution in [2.24, 2.45) is 0 Å². The van der Waals surface area contributed by atoms with Crippen LogP contribution >= 0.6 is 0 Å². The highest BCUT2D eigenvalue weighted by Crippen LogP contribution is 2.16. The number of carbonyl (C=O) groups excluding carboxylic acids is 1. The Balaban J connectivity index is 1.78. The molecule has 0 heterocycles. The molecule has 3 N–H and O–H groups in total. The van der Waals surface area contributed by atoms with Crippen molar-refractivity contribution in [3.63, 3.8) is 0 Å². The third-order valence-corrected chi connectivity index (χ3v) is 3.58. The highest BCUT2D eigenvalue weighted by atomic mass is 16.3. The smallest absolute Gasteiger partial charge is 0.315 e. The molecule has 2 rings (SSSR count). The fourth-order valence-corrected chi connectivity index (χ4v) is 2.21. The Labute approximate surface area is 131 Å². The van der Waals surface area contributed by atoms with Crippen LogP contribution in [0.2, 0.25) is 0 Å². The van der Waals surface area contributed by atoms with E-state index in [1.807, 2.05) is 62.4 Å². The van der Waals surface area contributed by atoms with Crippen LogP contribution in [-0.4, -0.2) is 17.7 Å². The Kier molecular flexibility index (Phi) is 5.55. The minimum atomic E-state index is -0.702. The van der Waals surface area contributed by atoms with Gasteiger partial charge in [0.1, 0.15) is 0 Å². The van der Waals surface area contributed by atoms with Crippen molar-refractivity contribution in [3.8, 4) is 0 Å². The van der Waals surface area contributed by atoms with E-state index in [0.29, 0.717) is 6.54 Å². The summed E-state index contributed by atoms with van der Waals surface area (Å²) in [5.74, 6) is 0. The first-order valence-corrected chi connectivity index (χ1v) is 7.37. The first-order valence-electron chi connectivity index (χ1n) is 7.37. The highest BCUT2D eigenvalue weighted by molar-refractivity contribution is 5.73. The largest absolute Gasteiger partial charge is 0.387 e. The van der Waals surface area contributed by atoms with Gasteiger partial charge in [-0.2, -0.15) is 0 Å². The predicted molar refractivity (Wildman–Crippen MR) is 87.6 cm³/mol. The summed E-state index contributed by atoms with van der Waals surface area (Å²) in [5.41, 5.74) is 4.08. The molecule has 116 valence electrons. The van der Waals surface area contributed by atoms with Gasteiger partial charge in [0.2, 0.25) is 0 Å². The minimum Gasteiger partial charge on any atom is -0.387 e. The number of benzene rings is 2. The van der Waals surface area contributed by atoms with Gasteiger partial charge in [-0.15, -0.1) is 0 Å². The van der Waals surface area contributed by atoms with Crippen LogP contribution in [0.4, 0.5) is 4.79 Å². The van der Waals surface area contributed by atoms with Gasteiger partial charge in [-0.3, -0.25) is 0 Å². The molecule has 2 amide bonds. The van der Waals surface area contributed by atoms with Gasteiger partial charge in [0.05, 0.1) is 6.10 Å². The van der Waals surface area contributed by atoms with E-state index in [4.69, 9.17) is 0 Å². The molecule has 0 saturated heterocycles. The van der Waals surface area contributed by atoms with Crippen molar-refractivity contribution in [2.75, 3.05) is 6.54 Å². The van der Waals surface area contributed by atoms with Crippen molar-refractivity contribution in [2.45, 2.75) is 26.5 Å². The number of hydrogen-bond donors (Lipinski definition) is 3. The molecule has 2 aromatic carbocycles. The molecule has 4 nitrogen and oxygen atoms in total. The van der Waals surface area contributed by atoms with Gasteiger partial charge in [0.25, 0.3) is 0 Å². The number of rotatable bonds is 5. The zero-order valence-electron chi connectivity index (χ0n) is 13.0. The Bertz CT molecular complexity index is 623. The van der Waals surface area contributed by atoms with E-state index in [-0.39, 0.29) is 12.6 Å². The van der Waals surface area contributed by atoms with Crippen LogP contribution in [-0.2, 0) is 6.54 Å². The fourth-order valence-electron chi connectivity index (χ4n) is 2.21. The number of aryl methyl sites for hydroxylation is 2. The quantitative estimate of drug-likeness (QED) is 0.795. The zero-order valence-corrected chi connectivity index (χ0v) is 13.0. The van der Waals surface area contributed by atoms with Crippen molar-refractivity contribution >= 4 is 6.03 Å². The van der Waals surface area contributed by atoms with E-state index in [1.54, 1.807) is 0 Å². The molecule has 0 aromatic heterocycles. The molecular weight excluding hydrogens is 276 g/mol. The van der Waals surface area contributed by atoms with E-state index in [0.717, 1.165) is 16.7 Å². The molecule has 0 aliphatic rings. The number of carbonyl (C=O) groups is 1. The lowest BCUT2D eigenvalue weighted by molar-refractivity contribution is 0.172. The lowest BCUT2D eigenvalue weighted by atomic mass is 10.0. The van der Waals surface area contributed by atoms with Crippen molar-refractivity contribution in [3.05, 3.63) is 70.8 Å². The van der Waals surface area contributed by atoms with Gasteiger partial charge in [0.15, 0.2) is 0 Å². The minimum absolute atomic E-state index is 0.185. The summed E-state index contributed by atoms with van der Waals surface area (Å²) < 4.78 is 0. The number of aliphatic hydroxyl groups is 1. The maximum Gasteiger partial charge on any atom is 0.315 e. The van der Waals surface area contributed by atoms with Crippen molar-refractivity contribution in [1.29, 1.82) is 0 Å². The molecule has 4 heteroatoms. The number of aliphatic hydroxyl groups excluding tert-OH is 1. The Morgan fingerprint density at radius 1 is 1.05 bits per heavy atom. The molecule has 0 saturated carbocycles. The average molecular weight is 298 g/mol. The second-order valence-electron chi connectivity index (χ2n) is 5.42. The first-order chi connectivity index (χ1) is 10.6. The average Bonchev–Trinajstić information content (AvgIpc) is 2.52. The van der Waals surface area contributed by atoms with Crippen LogP contribution in [0.25, 0.3) is 0 Å². The van der Waals surface area contributed by atoms with Gasteiger partial charge < -0.3 is 15.7 Å². The van der Waals surface area contributed by atoms with Crippen LogP contribution in [0, 0.1) is 13.8 Å². The van der Waals surface area contributed by atoms with Gasteiger partial charge in [-0.05, 0) is 30.5 Å². The maximum absolute atomic E-state index is 11.8. The fraction of sp³-hybridized carbons (Fsp3) is 0.278. The zero-order chi connectivity index (χ0) is 15.9. The predicted octanol–water partition coefficient (Wildman–Crippen LogP) is 2.84. The Morgan fingerprint density at radius 3 is 2.41 bits per heavy atom. The normalized spacial score (nSPS) is 11.8. The number of urea groups is 1. The number of amides is 2. The van der Waals surface area contributed by atoms with Crippen molar-refractivity contribution < 1.29 is 9.90 Å². The third kappa shape index (κ3) is 4.60. The van der Waals surface area contributed by atoms with E-state index in [2.05, 4.69) is 10.6 Å². The monoisotopic (exact) mass is 298 g/mol. The molecule has 0 radical (unpaired) electrons. The van der Waals surface area contributed by atoms with Crippen LogP contribution in [0.3, 0.4) is 0 Å². The molecule has 0 bridgehead atoms. The molecule has 1 atom stereocenters. The van der Waals surface area contributed by atoms with Crippen LogP contribution < -0.4 is 10.6 Å². The molecule has 0 aliphatic heterocycles. The number of nitrogens with one attached hydrogen (secondary N) is 2. The molecule has 0 fully saturated rings. The summed E-state index contributed by atoms with van der Waals surface area (Å²) in [6.07, 6.45) is -0.702. The molecule has 22 heavy (non-hydrogen) atoms. The second kappa shape index (κ2) is 7.61. The van der Waals surface area contributed by atoms with Crippen LogP contribution in [0.15, 0.2) is 48.5 Å². The molecule has 0 spiro atoms. The Hall–Kier alpha value is -2.33. The third-order valence-electron chi connectivity index (χ3n) is 3.58. The molecule has 1 unspecified atom stereocenters. The van der Waals surface area contributed by atoms with Crippen LogP contribution in [0.1, 0.15) is 28.4 Å². The summed E-state index contributed by atoms with van der Waals surface area (Å²) in [5, 5.41) is 15.6. The summed E-state index contributed by atoms with van der Waals surface area (Å²) in [4.78, 5) is 11.8. The molecular formula is C18H22N2O2. The Morgan fingerprint density at radius 2 is 1.73 bits per heavy atom. The standard InChI is InChI=1S/C18H22N2O2/c1-13-7-9-15(10-8-13)11-19-18(22)20-12-17(21)16-6-4-3-5-14(16)2/h3-10,17,21H,11-12H2,1-2H3,(H2,19,20,22). The van der Waals surface area contributed by atoms with E-state index in [1.165, 1.54) is 5.56 Å². The van der Waals surface area contributed by atoms with Crippen molar-refractivity contribution in [1.82, 2.24) is 10.6 Å². The van der Waals surface area contributed by atoms with Gasteiger partial charge in [-0.25, -0.2) is 4.79 Å². The molecule has 0 aliphatic carbocycles. The van der Waals surface area contributed by atoms with Crippen LogP contribution in [0.5, 0.6) is 0 Å². The second-order valence-corrected chi connectivity index (χ2v) is 5.42. The lowest BCUT2D eigenvalue weighted by Crippen LogP contribution is -2.37. The maximum atomic E-state index is 11.8. The SMILES string of the molecule is Cc1ccc(CNC(=O)NCC(O)c2ccccc2C)cc1. The molecule has 2 aromatic rings.